The Morgan fingerprint density at radius 2 is 2.12 bits per heavy atom. The van der Waals surface area contributed by atoms with Crippen molar-refractivity contribution in [2.45, 2.75) is 31.9 Å². The first-order valence-electron chi connectivity index (χ1n) is 5.64. The van der Waals surface area contributed by atoms with Crippen LogP contribution in [0.4, 0.5) is 0 Å². The zero-order valence-corrected chi connectivity index (χ0v) is 10.7. The topological polar surface area (TPSA) is 61.8 Å². The summed E-state index contributed by atoms with van der Waals surface area (Å²) < 4.78 is 4.78. The Morgan fingerprint density at radius 3 is 2.56 bits per heavy atom. The van der Waals surface area contributed by atoms with Gasteiger partial charge >= 0.3 is 0 Å². The number of nitrogens with one attached hydrogen (secondary N) is 1. The summed E-state index contributed by atoms with van der Waals surface area (Å²) in [6, 6.07) is -0.125. The lowest BCUT2D eigenvalue weighted by Gasteiger charge is -2.23. The zero-order valence-electron chi connectivity index (χ0n) is 10.7. The fraction of sp³-hybridized carbons (Fsp3) is 0.909. The van der Waals surface area contributed by atoms with E-state index in [2.05, 4.69) is 5.32 Å². The molecule has 2 atom stereocenters. The maximum atomic E-state index is 11.8. The Balaban J connectivity index is 4.00. The van der Waals surface area contributed by atoms with Crippen molar-refractivity contribution in [3.8, 4) is 0 Å². The Labute approximate surface area is 97.8 Å². The molecule has 0 aliphatic carbocycles. The third kappa shape index (κ3) is 6.05. The number of methoxy groups -OCH3 is 1. The minimum atomic E-state index is -0.640. The Morgan fingerprint density at radius 1 is 1.50 bits per heavy atom. The number of aliphatic hydroxyl groups excluding tert-OH is 1. The van der Waals surface area contributed by atoms with Crippen molar-refractivity contribution in [2.75, 3.05) is 34.4 Å². The monoisotopic (exact) mass is 232 g/mol. The van der Waals surface area contributed by atoms with Crippen LogP contribution in [-0.4, -0.2) is 62.4 Å². The van der Waals surface area contributed by atoms with E-state index in [-0.39, 0.29) is 25.1 Å². The van der Waals surface area contributed by atoms with Crippen molar-refractivity contribution in [1.29, 1.82) is 0 Å². The van der Waals surface area contributed by atoms with Gasteiger partial charge in [-0.2, -0.15) is 0 Å². The molecule has 0 aromatic rings. The number of likely N-dealkylation sites (N-methyl/N-ethyl adjacent to an activating group) is 1. The first-order chi connectivity index (χ1) is 7.52. The highest BCUT2D eigenvalue weighted by Gasteiger charge is 2.19. The molecule has 96 valence electrons. The molecule has 1 amide bonds. The smallest absolute Gasteiger partial charge is 0.237 e. The van der Waals surface area contributed by atoms with Crippen LogP contribution in [0.1, 0.15) is 19.8 Å². The van der Waals surface area contributed by atoms with E-state index >= 15 is 0 Å². The van der Waals surface area contributed by atoms with Crippen LogP contribution in [0, 0.1) is 0 Å². The van der Waals surface area contributed by atoms with E-state index in [4.69, 9.17) is 4.74 Å². The molecule has 0 rings (SSSR count). The summed E-state index contributed by atoms with van der Waals surface area (Å²) in [5.74, 6) is -0.0398. The normalized spacial score (nSPS) is 14.9. The van der Waals surface area contributed by atoms with Crippen molar-refractivity contribution in [2.24, 2.45) is 0 Å². The van der Waals surface area contributed by atoms with Crippen LogP contribution in [-0.2, 0) is 9.53 Å². The Kier molecular flexibility index (Phi) is 8.15. The SMILES string of the molecule is CCCC(C(=O)NCC(O)COC)N(C)C. The van der Waals surface area contributed by atoms with E-state index in [0.29, 0.717) is 0 Å². The second kappa shape index (κ2) is 8.50. The lowest BCUT2D eigenvalue weighted by molar-refractivity contribution is -0.126. The van der Waals surface area contributed by atoms with Crippen LogP contribution >= 0.6 is 0 Å². The third-order valence-corrected chi connectivity index (χ3v) is 2.36. The van der Waals surface area contributed by atoms with Gasteiger partial charge in [-0.3, -0.25) is 9.69 Å². The number of hydrogen-bond acceptors (Lipinski definition) is 4. The van der Waals surface area contributed by atoms with Crippen molar-refractivity contribution < 1.29 is 14.6 Å². The third-order valence-electron chi connectivity index (χ3n) is 2.36. The van der Waals surface area contributed by atoms with Gasteiger partial charge in [0.2, 0.25) is 5.91 Å². The second-order valence-electron chi connectivity index (χ2n) is 4.12. The van der Waals surface area contributed by atoms with Gasteiger partial charge in [0.1, 0.15) is 0 Å². The van der Waals surface area contributed by atoms with E-state index in [1.807, 2.05) is 25.9 Å². The first-order valence-corrected chi connectivity index (χ1v) is 5.64. The van der Waals surface area contributed by atoms with Crippen molar-refractivity contribution in [1.82, 2.24) is 10.2 Å². The molecule has 0 bridgehead atoms. The average Bonchev–Trinajstić information content (AvgIpc) is 2.22. The molecule has 5 heteroatoms. The van der Waals surface area contributed by atoms with Gasteiger partial charge in [0.15, 0.2) is 0 Å². The van der Waals surface area contributed by atoms with Crippen molar-refractivity contribution >= 4 is 5.91 Å². The summed E-state index contributed by atoms with van der Waals surface area (Å²) in [7, 11) is 5.28. The van der Waals surface area contributed by atoms with Crippen LogP contribution in [0.5, 0.6) is 0 Å². The lowest BCUT2D eigenvalue weighted by Crippen LogP contribution is -2.46. The molecule has 0 fully saturated rings. The van der Waals surface area contributed by atoms with Crippen LogP contribution in [0.15, 0.2) is 0 Å². The predicted octanol–water partition coefficient (Wildman–Crippen LogP) is -0.160. The molecule has 0 aromatic heterocycles. The Bertz CT molecular complexity index is 198. The van der Waals surface area contributed by atoms with Gasteiger partial charge in [-0.05, 0) is 20.5 Å². The quantitative estimate of drug-likeness (QED) is 0.610. The van der Waals surface area contributed by atoms with E-state index in [1.165, 1.54) is 7.11 Å². The van der Waals surface area contributed by atoms with E-state index in [0.717, 1.165) is 12.8 Å². The number of ether oxygens (including phenoxy) is 1. The molecule has 0 saturated carbocycles. The minimum Gasteiger partial charge on any atom is -0.389 e. The number of carbonyl (C=O) groups excluding carboxylic acids is 1. The van der Waals surface area contributed by atoms with Gasteiger partial charge in [-0.1, -0.05) is 13.3 Å². The number of carbonyl (C=O) groups is 1. The molecule has 0 aliphatic heterocycles. The maximum absolute atomic E-state index is 11.8. The summed E-state index contributed by atoms with van der Waals surface area (Å²) >= 11 is 0. The number of nitrogens with zero attached hydrogens (tertiary/aromatic N) is 1. The highest BCUT2D eigenvalue weighted by Crippen LogP contribution is 2.02. The van der Waals surface area contributed by atoms with Gasteiger partial charge in [0, 0.05) is 13.7 Å². The number of aliphatic hydroxyl groups is 1. The zero-order chi connectivity index (χ0) is 12.6. The van der Waals surface area contributed by atoms with Gasteiger partial charge in [-0.25, -0.2) is 0 Å². The van der Waals surface area contributed by atoms with Gasteiger partial charge in [0.25, 0.3) is 0 Å². The molecule has 0 radical (unpaired) electrons. The molecule has 2 unspecified atom stereocenters. The largest absolute Gasteiger partial charge is 0.389 e. The summed E-state index contributed by atoms with van der Waals surface area (Å²) in [5, 5.41) is 12.1. The first kappa shape index (κ1) is 15.3. The van der Waals surface area contributed by atoms with Gasteiger partial charge in [-0.15, -0.1) is 0 Å². The summed E-state index contributed by atoms with van der Waals surface area (Å²) in [6.45, 7) is 2.52. The standard InChI is InChI=1S/C11H24N2O3/c1-5-6-10(13(2)3)11(15)12-7-9(14)8-16-4/h9-10,14H,5-8H2,1-4H3,(H,12,15). The Hall–Kier alpha value is -0.650. The average molecular weight is 232 g/mol. The summed E-state index contributed by atoms with van der Waals surface area (Å²) in [6.07, 6.45) is 1.13. The summed E-state index contributed by atoms with van der Waals surface area (Å²) in [4.78, 5) is 13.7. The molecule has 16 heavy (non-hydrogen) atoms. The second-order valence-corrected chi connectivity index (χ2v) is 4.12. The van der Waals surface area contributed by atoms with E-state index in [1.54, 1.807) is 0 Å². The summed E-state index contributed by atoms with van der Waals surface area (Å²) in [5.41, 5.74) is 0. The molecular formula is C11H24N2O3. The highest BCUT2D eigenvalue weighted by atomic mass is 16.5. The molecular weight excluding hydrogens is 208 g/mol. The molecule has 0 saturated heterocycles. The fourth-order valence-corrected chi connectivity index (χ4v) is 1.48. The molecule has 0 aromatic carbocycles. The van der Waals surface area contributed by atoms with Gasteiger partial charge < -0.3 is 15.2 Å². The molecule has 0 aliphatic rings. The van der Waals surface area contributed by atoms with E-state index in [9.17, 15) is 9.90 Å². The van der Waals surface area contributed by atoms with E-state index < -0.39 is 6.10 Å². The van der Waals surface area contributed by atoms with Crippen LogP contribution in [0.2, 0.25) is 0 Å². The van der Waals surface area contributed by atoms with Crippen molar-refractivity contribution in [3.63, 3.8) is 0 Å². The lowest BCUT2D eigenvalue weighted by atomic mass is 10.1. The van der Waals surface area contributed by atoms with Crippen LogP contribution in [0.25, 0.3) is 0 Å². The molecule has 0 spiro atoms. The number of rotatable bonds is 8. The number of hydrogen-bond donors (Lipinski definition) is 2. The highest BCUT2D eigenvalue weighted by molar-refractivity contribution is 5.81. The molecule has 5 nitrogen and oxygen atoms in total. The predicted molar refractivity (Wildman–Crippen MR) is 63.3 cm³/mol. The van der Waals surface area contributed by atoms with Crippen LogP contribution in [0.3, 0.4) is 0 Å². The molecule has 2 N–H and O–H groups in total. The van der Waals surface area contributed by atoms with Gasteiger partial charge in [0.05, 0.1) is 18.8 Å². The maximum Gasteiger partial charge on any atom is 0.237 e. The molecule has 0 heterocycles. The van der Waals surface area contributed by atoms with Crippen molar-refractivity contribution in [3.05, 3.63) is 0 Å². The number of amides is 1. The fourth-order valence-electron chi connectivity index (χ4n) is 1.48. The van der Waals surface area contributed by atoms with Crippen LogP contribution < -0.4 is 5.32 Å². The minimum absolute atomic E-state index is 0.0398.